The molecular formula is C16H15Cl2N3O3S. The molecule has 0 atom stereocenters. The lowest BCUT2D eigenvalue weighted by Crippen LogP contribution is -2.50. The summed E-state index contributed by atoms with van der Waals surface area (Å²) < 4.78 is 26.6. The molecular weight excluding hydrogens is 385 g/mol. The van der Waals surface area contributed by atoms with Crippen LogP contribution >= 0.6 is 23.2 Å². The molecule has 25 heavy (non-hydrogen) atoms. The molecule has 6 nitrogen and oxygen atoms in total. The number of hydrogen-bond donors (Lipinski definition) is 0. The number of aromatic nitrogens is 1. The quantitative estimate of drug-likeness (QED) is 0.743. The van der Waals surface area contributed by atoms with E-state index in [4.69, 9.17) is 23.2 Å². The number of halogens is 2. The van der Waals surface area contributed by atoms with Gasteiger partial charge in [-0.2, -0.15) is 4.31 Å². The molecule has 2 heterocycles. The van der Waals surface area contributed by atoms with Gasteiger partial charge in [0.15, 0.2) is 0 Å². The number of pyridine rings is 1. The van der Waals surface area contributed by atoms with Gasteiger partial charge in [0.25, 0.3) is 5.91 Å². The Hall–Kier alpha value is -1.67. The Morgan fingerprint density at radius 3 is 2.24 bits per heavy atom. The molecule has 1 aromatic carbocycles. The third-order valence-corrected chi connectivity index (χ3v) is 6.35. The Morgan fingerprint density at radius 1 is 0.960 bits per heavy atom. The Balaban J connectivity index is 1.72. The summed E-state index contributed by atoms with van der Waals surface area (Å²) in [5.74, 6) is -0.357. The molecule has 132 valence electrons. The van der Waals surface area contributed by atoms with E-state index in [-0.39, 0.29) is 52.9 Å². The zero-order chi connectivity index (χ0) is 18.0. The van der Waals surface area contributed by atoms with Gasteiger partial charge in [-0.25, -0.2) is 13.4 Å². The number of amides is 1. The molecule has 9 heteroatoms. The van der Waals surface area contributed by atoms with Gasteiger partial charge >= 0.3 is 0 Å². The van der Waals surface area contributed by atoms with Crippen LogP contribution in [-0.4, -0.2) is 54.7 Å². The number of hydrogen-bond acceptors (Lipinski definition) is 4. The van der Waals surface area contributed by atoms with E-state index in [9.17, 15) is 13.2 Å². The van der Waals surface area contributed by atoms with Crippen molar-refractivity contribution in [1.82, 2.24) is 14.2 Å². The van der Waals surface area contributed by atoms with E-state index in [1.807, 2.05) is 0 Å². The SMILES string of the molecule is O=C(c1nc(Cl)ccc1Cl)N1CCN(S(=O)(=O)c2ccccc2)CC1. The first-order valence-electron chi connectivity index (χ1n) is 7.56. The molecule has 0 unspecified atom stereocenters. The van der Waals surface area contributed by atoms with Crippen molar-refractivity contribution in [2.45, 2.75) is 4.90 Å². The highest BCUT2D eigenvalue weighted by Gasteiger charge is 2.31. The van der Waals surface area contributed by atoms with Crippen LogP contribution in [0.15, 0.2) is 47.4 Å². The molecule has 1 amide bonds. The van der Waals surface area contributed by atoms with Crippen LogP contribution in [0.25, 0.3) is 0 Å². The predicted molar refractivity (Wildman–Crippen MR) is 95.4 cm³/mol. The van der Waals surface area contributed by atoms with Gasteiger partial charge in [-0.1, -0.05) is 41.4 Å². The summed E-state index contributed by atoms with van der Waals surface area (Å²) in [6.07, 6.45) is 0. The number of nitrogens with zero attached hydrogens (tertiary/aromatic N) is 3. The topological polar surface area (TPSA) is 70.6 Å². The Labute approximate surface area is 156 Å². The van der Waals surface area contributed by atoms with Gasteiger partial charge in [0, 0.05) is 26.2 Å². The minimum Gasteiger partial charge on any atom is -0.335 e. The molecule has 0 radical (unpaired) electrons. The van der Waals surface area contributed by atoms with E-state index < -0.39 is 10.0 Å². The van der Waals surface area contributed by atoms with Crippen LogP contribution in [0.5, 0.6) is 0 Å². The average molecular weight is 400 g/mol. The van der Waals surface area contributed by atoms with Crippen molar-refractivity contribution in [3.63, 3.8) is 0 Å². The Kier molecular flexibility index (Phi) is 5.29. The second-order valence-corrected chi connectivity index (χ2v) is 8.21. The lowest BCUT2D eigenvalue weighted by Gasteiger charge is -2.33. The second-order valence-electron chi connectivity index (χ2n) is 5.47. The zero-order valence-corrected chi connectivity index (χ0v) is 15.4. The minimum absolute atomic E-state index is 0.0773. The second kappa shape index (κ2) is 7.29. The first-order valence-corrected chi connectivity index (χ1v) is 9.76. The highest BCUT2D eigenvalue weighted by Crippen LogP contribution is 2.21. The van der Waals surface area contributed by atoms with Crippen LogP contribution in [0, 0.1) is 0 Å². The molecule has 0 aliphatic carbocycles. The van der Waals surface area contributed by atoms with E-state index >= 15 is 0 Å². The molecule has 1 aliphatic heterocycles. The van der Waals surface area contributed by atoms with Crippen molar-refractivity contribution in [2.75, 3.05) is 26.2 Å². The van der Waals surface area contributed by atoms with Crippen molar-refractivity contribution in [3.8, 4) is 0 Å². The number of rotatable bonds is 3. The molecule has 1 fully saturated rings. The van der Waals surface area contributed by atoms with Crippen LogP contribution < -0.4 is 0 Å². The van der Waals surface area contributed by atoms with Gasteiger partial charge in [0.1, 0.15) is 10.8 Å². The molecule has 0 saturated carbocycles. The first kappa shape index (κ1) is 18.1. The summed E-state index contributed by atoms with van der Waals surface area (Å²) >= 11 is 11.8. The first-order chi connectivity index (χ1) is 11.9. The Morgan fingerprint density at radius 2 is 1.60 bits per heavy atom. The number of carbonyl (C=O) groups is 1. The third kappa shape index (κ3) is 3.79. The maximum Gasteiger partial charge on any atom is 0.274 e. The summed E-state index contributed by atoms with van der Waals surface area (Å²) in [6, 6.07) is 11.3. The van der Waals surface area contributed by atoms with Crippen LogP contribution in [0.3, 0.4) is 0 Å². The standard InChI is InChI=1S/C16H15Cl2N3O3S/c17-13-6-7-14(18)19-15(13)16(22)20-8-10-21(11-9-20)25(23,24)12-4-2-1-3-5-12/h1-7H,8-11H2. The molecule has 1 aliphatic rings. The average Bonchev–Trinajstić information content (AvgIpc) is 2.64. The summed E-state index contributed by atoms with van der Waals surface area (Å²) in [6.45, 7) is 0.938. The lowest BCUT2D eigenvalue weighted by molar-refractivity contribution is 0.0692. The van der Waals surface area contributed by atoms with Gasteiger partial charge in [-0.05, 0) is 24.3 Å². The molecule has 1 saturated heterocycles. The summed E-state index contributed by atoms with van der Waals surface area (Å²) in [5, 5.41) is 0.395. The molecule has 3 rings (SSSR count). The number of piperazine rings is 1. The van der Waals surface area contributed by atoms with Gasteiger partial charge in [-0.15, -0.1) is 0 Å². The van der Waals surface area contributed by atoms with Crippen molar-refractivity contribution in [2.24, 2.45) is 0 Å². The molecule has 0 N–H and O–H groups in total. The monoisotopic (exact) mass is 399 g/mol. The summed E-state index contributed by atoms with van der Waals surface area (Å²) in [7, 11) is -3.56. The lowest BCUT2D eigenvalue weighted by atomic mass is 10.3. The van der Waals surface area contributed by atoms with Gasteiger partial charge in [0.2, 0.25) is 10.0 Å². The normalized spacial score (nSPS) is 16.0. The fraction of sp³-hybridized carbons (Fsp3) is 0.250. The van der Waals surface area contributed by atoms with Gasteiger partial charge < -0.3 is 4.90 Å². The summed E-state index contributed by atoms with van der Waals surface area (Å²) in [4.78, 5) is 18.3. The predicted octanol–water partition coefficient (Wildman–Crippen LogP) is 2.54. The van der Waals surface area contributed by atoms with Crippen LogP contribution in [0.2, 0.25) is 10.2 Å². The van der Waals surface area contributed by atoms with E-state index in [0.717, 1.165) is 0 Å². The van der Waals surface area contributed by atoms with Crippen molar-refractivity contribution < 1.29 is 13.2 Å². The van der Waals surface area contributed by atoms with Crippen LogP contribution in [0.4, 0.5) is 0 Å². The van der Waals surface area contributed by atoms with E-state index in [1.54, 1.807) is 30.3 Å². The van der Waals surface area contributed by atoms with Crippen LogP contribution in [-0.2, 0) is 10.0 Å². The maximum absolute atomic E-state index is 12.6. The largest absolute Gasteiger partial charge is 0.335 e. The smallest absolute Gasteiger partial charge is 0.274 e. The number of carbonyl (C=O) groups excluding carboxylic acids is 1. The van der Waals surface area contributed by atoms with E-state index in [2.05, 4.69) is 4.98 Å². The van der Waals surface area contributed by atoms with E-state index in [0.29, 0.717) is 0 Å². The Bertz CT molecular complexity index is 883. The minimum atomic E-state index is -3.56. The highest BCUT2D eigenvalue weighted by atomic mass is 35.5. The molecule has 0 bridgehead atoms. The van der Waals surface area contributed by atoms with E-state index in [1.165, 1.54) is 21.3 Å². The third-order valence-electron chi connectivity index (χ3n) is 3.92. The van der Waals surface area contributed by atoms with Crippen molar-refractivity contribution in [3.05, 3.63) is 58.3 Å². The number of benzene rings is 1. The van der Waals surface area contributed by atoms with Crippen molar-refractivity contribution >= 4 is 39.1 Å². The molecule has 0 spiro atoms. The maximum atomic E-state index is 12.6. The number of sulfonamides is 1. The van der Waals surface area contributed by atoms with Gasteiger partial charge in [-0.3, -0.25) is 4.79 Å². The fourth-order valence-electron chi connectivity index (χ4n) is 2.59. The zero-order valence-electron chi connectivity index (χ0n) is 13.1. The van der Waals surface area contributed by atoms with Crippen molar-refractivity contribution in [1.29, 1.82) is 0 Å². The fourth-order valence-corrected chi connectivity index (χ4v) is 4.37. The van der Waals surface area contributed by atoms with Gasteiger partial charge in [0.05, 0.1) is 9.92 Å². The highest BCUT2D eigenvalue weighted by molar-refractivity contribution is 7.89. The van der Waals surface area contributed by atoms with Crippen LogP contribution in [0.1, 0.15) is 10.5 Å². The molecule has 2 aromatic rings. The summed E-state index contributed by atoms with van der Waals surface area (Å²) in [5.41, 5.74) is 0.0773. The molecule has 1 aromatic heterocycles.